The first-order valence-electron chi connectivity index (χ1n) is 10.0. The molecule has 0 saturated carbocycles. The van der Waals surface area contributed by atoms with Gasteiger partial charge >= 0.3 is 0 Å². The molecule has 0 unspecified atom stereocenters. The summed E-state index contributed by atoms with van der Waals surface area (Å²) >= 11 is 1.40. The van der Waals surface area contributed by atoms with Gasteiger partial charge in [0.2, 0.25) is 5.91 Å². The number of carbonyl (C=O) groups is 1. The second kappa shape index (κ2) is 10.8. The van der Waals surface area contributed by atoms with Gasteiger partial charge in [0.05, 0.1) is 5.75 Å². The molecule has 1 atom stereocenters. The Kier molecular flexibility index (Phi) is 7.81. The standard InChI is InChI=1S/C22H27N5OS/c1-3-4-6-9-17(2)24-20(28)16-29-22-26-25-21(18-12-14-23-15-13-18)27(22)19-10-7-5-8-11-19/h5,7-8,10-15,17H,3-4,6,9,16H2,1-2H3,(H,24,28)/t17-/m0/s1. The van der Waals surface area contributed by atoms with Crippen LogP contribution in [0.3, 0.4) is 0 Å². The highest BCUT2D eigenvalue weighted by molar-refractivity contribution is 7.99. The molecule has 0 aliphatic carbocycles. The zero-order valence-corrected chi connectivity index (χ0v) is 17.7. The van der Waals surface area contributed by atoms with Crippen LogP contribution in [0.2, 0.25) is 0 Å². The fourth-order valence-corrected chi connectivity index (χ4v) is 3.84. The molecule has 2 aromatic heterocycles. The van der Waals surface area contributed by atoms with Gasteiger partial charge in [-0.15, -0.1) is 10.2 Å². The number of carbonyl (C=O) groups excluding carboxylic acids is 1. The Morgan fingerprint density at radius 3 is 2.59 bits per heavy atom. The van der Waals surface area contributed by atoms with E-state index < -0.39 is 0 Å². The molecule has 0 aliphatic rings. The van der Waals surface area contributed by atoms with Crippen LogP contribution in [0.1, 0.15) is 39.5 Å². The van der Waals surface area contributed by atoms with Gasteiger partial charge in [-0.3, -0.25) is 14.3 Å². The lowest BCUT2D eigenvalue weighted by Gasteiger charge is -2.14. The number of unbranched alkanes of at least 4 members (excludes halogenated alkanes) is 2. The van der Waals surface area contributed by atoms with Crippen LogP contribution in [-0.2, 0) is 4.79 Å². The number of pyridine rings is 1. The average Bonchev–Trinajstić information content (AvgIpc) is 3.18. The van der Waals surface area contributed by atoms with Gasteiger partial charge in [0, 0.05) is 29.7 Å². The number of amides is 1. The number of para-hydroxylation sites is 1. The molecule has 1 N–H and O–H groups in total. The van der Waals surface area contributed by atoms with Gasteiger partial charge in [-0.2, -0.15) is 0 Å². The molecule has 0 fully saturated rings. The van der Waals surface area contributed by atoms with Crippen molar-refractivity contribution in [2.24, 2.45) is 0 Å². The Bertz CT molecular complexity index is 898. The van der Waals surface area contributed by atoms with Crippen molar-refractivity contribution in [1.82, 2.24) is 25.1 Å². The topological polar surface area (TPSA) is 72.7 Å². The Balaban J connectivity index is 1.73. The molecule has 7 heteroatoms. The van der Waals surface area contributed by atoms with Crippen molar-refractivity contribution < 1.29 is 4.79 Å². The van der Waals surface area contributed by atoms with E-state index in [1.807, 2.05) is 47.0 Å². The number of benzene rings is 1. The van der Waals surface area contributed by atoms with Gasteiger partial charge in [-0.25, -0.2) is 0 Å². The fourth-order valence-electron chi connectivity index (χ4n) is 3.08. The van der Waals surface area contributed by atoms with Crippen molar-refractivity contribution in [2.75, 3.05) is 5.75 Å². The summed E-state index contributed by atoms with van der Waals surface area (Å²) in [6.45, 7) is 4.25. The van der Waals surface area contributed by atoms with E-state index in [0.29, 0.717) is 10.9 Å². The van der Waals surface area contributed by atoms with Gasteiger partial charge in [-0.1, -0.05) is 56.1 Å². The van der Waals surface area contributed by atoms with Gasteiger partial charge in [0.25, 0.3) is 0 Å². The van der Waals surface area contributed by atoms with E-state index in [0.717, 1.165) is 29.9 Å². The summed E-state index contributed by atoms with van der Waals surface area (Å²) in [4.78, 5) is 16.5. The largest absolute Gasteiger partial charge is 0.353 e. The van der Waals surface area contributed by atoms with Crippen LogP contribution in [0.15, 0.2) is 60.0 Å². The van der Waals surface area contributed by atoms with Crippen molar-refractivity contribution in [2.45, 2.75) is 50.7 Å². The third kappa shape index (κ3) is 5.90. The molecule has 0 spiro atoms. The third-order valence-electron chi connectivity index (χ3n) is 4.57. The predicted octanol–water partition coefficient (Wildman–Crippen LogP) is 4.51. The normalized spacial score (nSPS) is 11.9. The molecule has 0 saturated heterocycles. The summed E-state index contributed by atoms with van der Waals surface area (Å²) in [5.74, 6) is 1.06. The van der Waals surface area contributed by atoms with E-state index in [2.05, 4.69) is 34.3 Å². The maximum absolute atomic E-state index is 12.4. The Morgan fingerprint density at radius 2 is 1.86 bits per heavy atom. The first-order chi connectivity index (χ1) is 14.2. The first kappa shape index (κ1) is 21.0. The van der Waals surface area contributed by atoms with Gasteiger partial charge in [0.15, 0.2) is 11.0 Å². The number of thioether (sulfide) groups is 1. The minimum absolute atomic E-state index is 0.0204. The molecule has 3 rings (SSSR count). The van der Waals surface area contributed by atoms with E-state index in [9.17, 15) is 4.79 Å². The van der Waals surface area contributed by atoms with E-state index in [1.54, 1.807) is 12.4 Å². The van der Waals surface area contributed by atoms with Gasteiger partial charge in [0.1, 0.15) is 0 Å². The van der Waals surface area contributed by atoms with Crippen LogP contribution >= 0.6 is 11.8 Å². The van der Waals surface area contributed by atoms with E-state index in [1.165, 1.54) is 24.6 Å². The number of hydrogen-bond acceptors (Lipinski definition) is 5. The lowest BCUT2D eigenvalue weighted by Crippen LogP contribution is -2.33. The van der Waals surface area contributed by atoms with Crippen molar-refractivity contribution in [3.63, 3.8) is 0 Å². The highest BCUT2D eigenvalue weighted by Gasteiger charge is 2.17. The summed E-state index contributed by atoms with van der Waals surface area (Å²) in [7, 11) is 0. The maximum Gasteiger partial charge on any atom is 0.230 e. The Labute approximate surface area is 176 Å². The number of nitrogens with one attached hydrogen (secondary N) is 1. The summed E-state index contributed by atoms with van der Waals surface area (Å²) in [5.41, 5.74) is 1.89. The van der Waals surface area contributed by atoms with Crippen LogP contribution in [0, 0.1) is 0 Å². The molecule has 3 aromatic rings. The van der Waals surface area contributed by atoms with Crippen molar-refractivity contribution in [1.29, 1.82) is 0 Å². The molecule has 1 amide bonds. The predicted molar refractivity (Wildman–Crippen MR) is 117 cm³/mol. The van der Waals surface area contributed by atoms with Crippen LogP contribution in [0.25, 0.3) is 17.1 Å². The number of nitrogens with zero attached hydrogens (tertiary/aromatic N) is 4. The average molecular weight is 410 g/mol. The fraction of sp³-hybridized carbons (Fsp3) is 0.364. The summed E-state index contributed by atoms with van der Waals surface area (Å²) in [6.07, 6.45) is 8.01. The SMILES string of the molecule is CCCCC[C@H](C)NC(=O)CSc1nnc(-c2ccncc2)n1-c1ccccc1. The van der Waals surface area contributed by atoms with Crippen LogP contribution < -0.4 is 5.32 Å². The minimum atomic E-state index is 0.0204. The first-order valence-corrected chi connectivity index (χ1v) is 11.0. The summed E-state index contributed by atoms with van der Waals surface area (Å²) in [5, 5.41) is 12.5. The molecule has 29 heavy (non-hydrogen) atoms. The van der Waals surface area contributed by atoms with E-state index in [4.69, 9.17) is 0 Å². The molecular formula is C22H27N5OS. The lowest BCUT2D eigenvalue weighted by atomic mass is 10.1. The second-order valence-electron chi connectivity index (χ2n) is 6.97. The highest BCUT2D eigenvalue weighted by atomic mass is 32.2. The zero-order valence-electron chi connectivity index (χ0n) is 16.9. The molecule has 152 valence electrons. The third-order valence-corrected chi connectivity index (χ3v) is 5.50. The van der Waals surface area contributed by atoms with E-state index in [-0.39, 0.29) is 11.9 Å². The molecule has 2 heterocycles. The van der Waals surface area contributed by atoms with Crippen molar-refractivity contribution in [3.8, 4) is 17.1 Å². The lowest BCUT2D eigenvalue weighted by molar-refractivity contribution is -0.119. The number of aromatic nitrogens is 4. The van der Waals surface area contributed by atoms with Crippen LogP contribution in [0.5, 0.6) is 0 Å². The molecule has 0 radical (unpaired) electrons. The monoisotopic (exact) mass is 409 g/mol. The summed E-state index contributed by atoms with van der Waals surface area (Å²) < 4.78 is 1.98. The molecule has 6 nitrogen and oxygen atoms in total. The van der Waals surface area contributed by atoms with Crippen LogP contribution in [0.4, 0.5) is 0 Å². The second-order valence-corrected chi connectivity index (χ2v) is 7.91. The number of rotatable bonds is 10. The van der Waals surface area contributed by atoms with Crippen molar-refractivity contribution in [3.05, 3.63) is 54.9 Å². The smallest absolute Gasteiger partial charge is 0.230 e. The summed E-state index contributed by atoms with van der Waals surface area (Å²) in [6, 6.07) is 13.9. The maximum atomic E-state index is 12.4. The molecule has 0 bridgehead atoms. The zero-order chi connectivity index (χ0) is 20.5. The van der Waals surface area contributed by atoms with Crippen LogP contribution in [-0.4, -0.2) is 37.5 Å². The quantitative estimate of drug-likeness (QED) is 0.394. The molecule has 1 aromatic carbocycles. The highest BCUT2D eigenvalue weighted by Crippen LogP contribution is 2.27. The number of hydrogen-bond donors (Lipinski definition) is 1. The Morgan fingerprint density at radius 1 is 1.10 bits per heavy atom. The van der Waals surface area contributed by atoms with E-state index >= 15 is 0 Å². The van der Waals surface area contributed by atoms with Gasteiger partial charge in [-0.05, 0) is 37.6 Å². The molecular weight excluding hydrogens is 382 g/mol. The molecule has 0 aliphatic heterocycles. The Hall–Kier alpha value is -2.67. The minimum Gasteiger partial charge on any atom is -0.353 e. The van der Waals surface area contributed by atoms with Gasteiger partial charge < -0.3 is 5.32 Å². The van der Waals surface area contributed by atoms with Crippen molar-refractivity contribution >= 4 is 17.7 Å².